The highest BCUT2D eigenvalue weighted by molar-refractivity contribution is 5.72. The minimum absolute atomic E-state index is 0.269. The average molecular weight is 220 g/mol. The Morgan fingerprint density at radius 1 is 1.00 bits per heavy atom. The molecule has 0 aliphatic carbocycles. The molecule has 6 heteroatoms. The maximum atomic E-state index is 10.5. The average Bonchev–Trinajstić information content (AvgIpc) is 2.16. The number of ether oxygens (including phenoxy) is 2. The molecule has 0 aromatic carbocycles. The Bertz CT molecular complexity index is 191. The third kappa shape index (κ3) is 19.0. The number of methoxy groups -OCH3 is 2. The molecule has 0 bridgehead atoms. The Morgan fingerprint density at radius 3 is 1.47 bits per heavy atom. The fourth-order valence-corrected chi connectivity index (χ4v) is 0.581. The topological polar surface area (TPSA) is 89.9 Å². The molecule has 6 nitrogen and oxygen atoms in total. The van der Waals surface area contributed by atoms with Crippen LogP contribution < -0.4 is 0 Å². The number of esters is 2. The number of carbonyl (C=O) groups excluding carboxylic acids is 2. The normalized spacial score (nSPS) is 8.20. The molecule has 0 rings (SSSR count). The minimum Gasteiger partial charge on any atom is -0.481 e. The highest BCUT2D eigenvalue weighted by Gasteiger charge is 2.03. The summed E-state index contributed by atoms with van der Waals surface area (Å²) in [5.74, 6) is -1.43. The fourth-order valence-electron chi connectivity index (χ4n) is 0.581. The minimum atomic E-state index is -0.833. The van der Waals surface area contributed by atoms with E-state index in [0.717, 1.165) is 6.92 Å². The van der Waals surface area contributed by atoms with Gasteiger partial charge in [0, 0.05) is 19.8 Å². The molecule has 0 fully saturated rings. The van der Waals surface area contributed by atoms with Crippen LogP contribution in [0.5, 0.6) is 0 Å². The van der Waals surface area contributed by atoms with Crippen molar-refractivity contribution >= 4 is 17.9 Å². The van der Waals surface area contributed by atoms with Crippen LogP contribution in [0.1, 0.15) is 26.2 Å². The van der Waals surface area contributed by atoms with Gasteiger partial charge in [-0.1, -0.05) is 0 Å². The summed E-state index contributed by atoms with van der Waals surface area (Å²) in [5, 5.41) is 7.42. The molecule has 0 aromatic rings. The van der Waals surface area contributed by atoms with Crippen molar-refractivity contribution in [3.63, 3.8) is 0 Å². The van der Waals surface area contributed by atoms with E-state index in [-0.39, 0.29) is 24.8 Å². The quantitative estimate of drug-likeness (QED) is 0.697. The number of hydrogen-bond donors (Lipinski definition) is 1. The van der Waals surface area contributed by atoms with Crippen molar-refractivity contribution in [1.29, 1.82) is 0 Å². The molecule has 88 valence electrons. The van der Waals surface area contributed by atoms with Gasteiger partial charge in [0.15, 0.2) is 0 Å². The third-order valence-corrected chi connectivity index (χ3v) is 1.22. The van der Waals surface area contributed by atoms with E-state index in [0.29, 0.717) is 6.42 Å². The van der Waals surface area contributed by atoms with E-state index in [1.807, 2.05) is 0 Å². The van der Waals surface area contributed by atoms with Crippen LogP contribution in [-0.2, 0) is 23.9 Å². The second kappa shape index (κ2) is 10.5. The number of carboxylic acid groups (broad SMARTS) is 1. The maximum Gasteiger partial charge on any atom is 0.305 e. The monoisotopic (exact) mass is 220 g/mol. The van der Waals surface area contributed by atoms with E-state index >= 15 is 0 Å². The number of carboxylic acids is 1. The summed E-state index contributed by atoms with van der Waals surface area (Å²) in [4.78, 5) is 30.0. The smallest absolute Gasteiger partial charge is 0.305 e. The van der Waals surface area contributed by atoms with Gasteiger partial charge < -0.3 is 14.6 Å². The first-order valence-corrected chi connectivity index (χ1v) is 4.27. The molecule has 0 atom stereocenters. The Balaban J connectivity index is 0. The third-order valence-electron chi connectivity index (χ3n) is 1.22. The molecular weight excluding hydrogens is 204 g/mol. The van der Waals surface area contributed by atoms with Crippen LogP contribution in [0.3, 0.4) is 0 Å². The van der Waals surface area contributed by atoms with Crippen molar-refractivity contribution in [2.45, 2.75) is 26.2 Å². The van der Waals surface area contributed by atoms with Crippen LogP contribution in [0, 0.1) is 0 Å². The molecule has 1 N–H and O–H groups in total. The van der Waals surface area contributed by atoms with Crippen molar-refractivity contribution < 1.29 is 29.0 Å². The number of rotatable bonds is 4. The lowest BCUT2D eigenvalue weighted by molar-refractivity contribution is -0.142. The molecule has 0 aromatic heterocycles. The Hall–Kier alpha value is -1.59. The van der Waals surface area contributed by atoms with Crippen LogP contribution in [-0.4, -0.2) is 37.2 Å². The van der Waals surface area contributed by atoms with Crippen molar-refractivity contribution in [3.8, 4) is 0 Å². The van der Waals surface area contributed by atoms with Crippen molar-refractivity contribution in [2.24, 2.45) is 0 Å². The molecule has 0 spiro atoms. The van der Waals surface area contributed by atoms with Gasteiger partial charge in [-0.3, -0.25) is 14.4 Å². The van der Waals surface area contributed by atoms with Gasteiger partial charge in [-0.25, -0.2) is 0 Å². The van der Waals surface area contributed by atoms with E-state index in [1.165, 1.54) is 14.2 Å². The first kappa shape index (κ1) is 15.9. The number of carbonyl (C=O) groups is 3. The summed E-state index contributed by atoms with van der Waals surface area (Å²) in [6.07, 6.45) is 1.02. The fraction of sp³-hybridized carbons (Fsp3) is 0.667. The predicted octanol–water partition coefficient (Wildman–Crippen LogP) is 0.594. The standard InChI is InChI=1S/C7H12O4.C2H4O2/c1-10-6(8)4-3-5-7(9)11-2;1-2(3)4/h3-5H2,1-2H3;1H3,(H,3,4). The van der Waals surface area contributed by atoms with E-state index in [1.54, 1.807) is 0 Å². The van der Waals surface area contributed by atoms with Gasteiger partial charge in [0.2, 0.25) is 0 Å². The van der Waals surface area contributed by atoms with E-state index in [9.17, 15) is 9.59 Å². The summed E-state index contributed by atoms with van der Waals surface area (Å²) in [6.45, 7) is 1.08. The van der Waals surface area contributed by atoms with E-state index < -0.39 is 5.97 Å². The van der Waals surface area contributed by atoms with Crippen molar-refractivity contribution in [2.75, 3.05) is 14.2 Å². The highest BCUT2D eigenvalue weighted by atomic mass is 16.5. The molecule has 0 radical (unpaired) electrons. The van der Waals surface area contributed by atoms with Gasteiger partial charge in [-0.15, -0.1) is 0 Å². The van der Waals surface area contributed by atoms with Crippen LogP contribution in [0.2, 0.25) is 0 Å². The molecule has 0 aliphatic heterocycles. The zero-order valence-electron chi connectivity index (χ0n) is 9.11. The van der Waals surface area contributed by atoms with Crippen LogP contribution >= 0.6 is 0 Å². The summed E-state index contributed by atoms with van der Waals surface area (Å²) < 4.78 is 8.75. The zero-order valence-corrected chi connectivity index (χ0v) is 9.11. The van der Waals surface area contributed by atoms with Gasteiger partial charge in [0.05, 0.1) is 14.2 Å². The SMILES string of the molecule is CC(=O)O.COC(=O)CCCC(=O)OC. The molecule has 15 heavy (non-hydrogen) atoms. The molecule has 0 heterocycles. The van der Waals surface area contributed by atoms with Crippen LogP contribution in [0.15, 0.2) is 0 Å². The predicted molar refractivity (Wildman–Crippen MR) is 51.2 cm³/mol. The molecule has 0 saturated heterocycles. The van der Waals surface area contributed by atoms with Crippen molar-refractivity contribution in [1.82, 2.24) is 0 Å². The van der Waals surface area contributed by atoms with Gasteiger partial charge in [0.25, 0.3) is 5.97 Å². The summed E-state index contributed by atoms with van der Waals surface area (Å²) in [5.41, 5.74) is 0. The van der Waals surface area contributed by atoms with Crippen LogP contribution in [0.4, 0.5) is 0 Å². The van der Waals surface area contributed by atoms with E-state index in [2.05, 4.69) is 9.47 Å². The molecular formula is C9H16O6. The lowest BCUT2D eigenvalue weighted by Crippen LogP contribution is -2.04. The first-order valence-electron chi connectivity index (χ1n) is 4.27. The highest BCUT2D eigenvalue weighted by Crippen LogP contribution is 1.97. The Morgan fingerprint density at radius 2 is 1.27 bits per heavy atom. The van der Waals surface area contributed by atoms with Gasteiger partial charge in [0.1, 0.15) is 0 Å². The largest absolute Gasteiger partial charge is 0.481 e. The molecule has 0 aliphatic rings. The number of hydrogen-bond acceptors (Lipinski definition) is 5. The van der Waals surface area contributed by atoms with Gasteiger partial charge in [-0.05, 0) is 6.42 Å². The first-order chi connectivity index (χ1) is 6.93. The van der Waals surface area contributed by atoms with Crippen LogP contribution in [0.25, 0.3) is 0 Å². The summed E-state index contributed by atoms with van der Waals surface area (Å²) >= 11 is 0. The van der Waals surface area contributed by atoms with Gasteiger partial charge >= 0.3 is 11.9 Å². The van der Waals surface area contributed by atoms with E-state index in [4.69, 9.17) is 9.90 Å². The van der Waals surface area contributed by atoms with Crippen molar-refractivity contribution in [3.05, 3.63) is 0 Å². The lowest BCUT2D eigenvalue weighted by atomic mass is 10.2. The molecule has 0 saturated carbocycles. The lowest BCUT2D eigenvalue weighted by Gasteiger charge is -1.97. The summed E-state index contributed by atoms with van der Waals surface area (Å²) in [7, 11) is 2.64. The number of aliphatic carboxylic acids is 1. The summed E-state index contributed by atoms with van der Waals surface area (Å²) in [6, 6.07) is 0. The Kier molecular flexibility index (Phi) is 11.1. The van der Waals surface area contributed by atoms with Gasteiger partial charge in [-0.2, -0.15) is 0 Å². The molecule has 0 unspecified atom stereocenters. The second-order valence-corrected chi connectivity index (χ2v) is 2.52. The Labute approximate surface area is 88.2 Å². The molecule has 0 amide bonds. The second-order valence-electron chi connectivity index (χ2n) is 2.52. The maximum absolute atomic E-state index is 10.5. The zero-order chi connectivity index (χ0) is 12.3.